The molecule has 4 amide bonds. The number of nitrogens with one attached hydrogen (secondary N) is 2. The average molecular weight is 412 g/mol. The molecule has 160 valence electrons. The summed E-state index contributed by atoms with van der Waals surface area (Å²) < 4.78 is 0. The van der Waals surface area contributed by atoms with E-state index in [1.54, 1.807) is 9.80 Å². The van der Waals surface area contributed by atoms with Gasteiger partial charge in [0.2, 0.25) is 0 Å². The van der Waals surface area contributed by atoms with E-state index in [-0.39, 0.29) is 25.3 Å². The predicted molar refractivity (Wildman–Crippen MR) is 115 cm³/mol. The first kappa shape index (κ1) is 21.6. The van der Waals surface area contributed by atoms with Crippen LogP contribution in [0.1, 0.15) is 36.1 Å². The monoisotopic (exact) mass is 412 g/mol. The number of amides is 4. The van der Waals surface area contributed by atoms with Gasteiger partial charge in [-0.1, -0.05) is 24.3 Å². The minimum atomic E-state index is -0.0694. The van der Waals surface area contributed by atoms with Gasteiger partial charge in [-0.3, -0.25) is 0 Å². The van der Waals surface area contributed by atoms with Gasteiger partial charge in [0.05, 0.1) is 13.2 Å². The van der Waals surface area contributed by atoms with Gasteiger partial charge in [-0.15, -0.1) is 0 Å². The first-order valence-electron chi connectivity index (χ1n) is 10.1. The Hall–Kier alpha value is -3.10. The van der Waals surface area contributed by atoms with Gasteiger partial charge in [0, 0.05) is 37.6 Å². The highest BCUT2D eigenvalue weighted by atomic mass is 16.3. The lowest BCUT2D eigenvalue weighted by Crippen LogP contribution is -2.38. The molecule has 0 saturated carbocycles. The van der Waals surface area contributed by atoms with Crippen LogP contribution in [0.2, 0.25) is 0 Å². The molecule has 0 fully saturated rings. The Bertz CT molecular complexity index is 856. The maximum atomic E-state index is 11.5. The highest BCUT2D eigenvalue weighted by Crippen LogP contribution is 2.25. The molecule has 2 aliphatic rings. The van der Waals surface area contributed by atoms with Crippen molar-refractivity contribution in [3.05, 3.63) is 58.7 Å². The molecule has 8 nitrogen and oxygen atoms in total. The lowest BCUT2D eigenvalue weighted by molar-refractivity contribution is 0.209. The van der Waals surface area contributed by atoms with Crippen molar-refractivity contribution in [1.82, 2.24) is 9.80 Å². The molecule has 4 rings (SSSR count). The van der Waals surface area contributed by atoms with Gasteiger partial charge in [0.25, 0.3) is 0 Å². The van der Waals surface area contributed by atoms with Crippen LogP contribution in [0, 0.1) is 0 Å². The molecule has 2 heterocycles. The van der Waals surface area contributed by atoms with E-state index in [1.807, 2.05) is 50.2 Å². The standard InChI is InChI=1S/2C11H14N2O2/c2*1-2-13-6-9-4-3-8(7-14)5-10(9)12-11(13)15/h2*3-5,14H,2,6-7H2,1H3,(H,12,15). The molecule has 0 aliphatic carbocycles. The molecular formula is C22H28N4O4. The normalized spacial score (nSPS) is 14.8. The Kier molecular flexibility index (Phi) is 6.91. The van der Waals surface area contributed by atoms with E-state index in [9.17, 15) is 9.59 Å². The van der Waals surface area contributed by atoms with Crippen LogP contribution in [-0.2, 0) is 26.3 Å². The number of aliphatic hydroxyl groups excluding tert-OH is 2. The molecule has 0 bridgehead atoms. The van der Waals surface area contributed by atoms with Gasteiger partial charge in [0.15, 0.2) is 0 Å². The molecule has 4 N–H and O–H groups in total. The maximum Gasteiger partial charge on any atom is 0.322 e. The summed E-state index contributed by atoms with van der Waals surface area (Å²) >= 11 is 0. The van der Waals surface area contributed by atoms with Crippen LogP contribution < -0.4 is 10.6 Å². The average Bonchev–Trinajstić information content (AvgIpc) is 2.77. The number of fused-ring (bicyclic) bond motifs is 2. The van der Waals surface area contributed by atoms with Gasteiger partial charge < -0.3 is 30.6 Å². The van der Waals surface area contributed by atoms with Crippen molar-refractivity contribution in [2.45, 2.75) is 40.2 Å². The Balaban J connectivity index is 0.000000171. The van der Waals surface area contributed by atoms with E-state index in [0.717, 1.165) is 33.6 Å². The molecule has 0 spiro atoms. The largest absolute Gasteiger partial charge is 0.392 e. The molecule has 0 unspecified atom stereocenters. The third kappa shape index (κ3) is 4.72. The summed E-state index contributed by atoms with van der Waals surface area (Å²) in [6, 6.07) is 11.2. The van der Waals surface area contributed by atoms with Crippen LogP contribution in [0.3, 0.4) is 0 Å². The van der Waals surface area contributed by atoms with E-state index in [0.29, 0.717) is 26.2 Å². The molecule has 0 atom stereocenters. The van der Waals surface area contributed by atoms with Crippen molar-refractivity contribution in [1.29, 1.82) is 0 Å². The zero-order valence-corrected chi connectivity index (χ0v) is 17.3. The first-order valence-corrected chi connectivity index (χ1v) is 10.1. The fourth-order valence-electron chi connectivity index (χ4n) is 3.41. The lowest BCUT2D eigenvalue weighted by atomic mass is 10.1. The van der Waals surface area contributed by atoms with E-state index in [4.69, 9.17) is 10.2 Å². The summed E-state index contributed by atoms with van der Waals surface area (Å²) in [5.74, 6) is 0. The van der Waals surface area contributed by atoms with Gasteiger partial charge in [0.1, 0.15) is 0 Å². The Morgan fingerprint density at radius 1 is 0.767 bits per heavy atom. The second-order valence-electron chi connectivity index (χ2n) is 7.19. The minimum Gasteiger partial charge on any atom is -0.392 e. The first-order chi connectivity index (χ1) is 14.5. The van der Waals surface area contributed by atoms with Crippen LogP contribution in [0.25, 0.3) is 0 Å². The lowest BCUT2D eigenvalue weighted by Gasteiger charge is -2.28. The Morgan fingerprint density at radius 3 is 1.50 bits per heavy atom. The van der Waals surface area contributed by atoms with Crippen LogP contribution in [0.4, 0.5) is 21.0 Å². The number of aliphatic hydroxyl groups is 2. The molecular weight excluding hydrogens is 384 g/mol. The number of anilines is 2. The molecule has 2 aromatic rings. The highest BCUT2D eigenvalue weighted by Gasteiger charge is 2.21. The summed E-state index contributed by atoms with van der Waals surface area (Å²) in [5, 5.41) is 23.6. The van der Waals surface area contributed by atoms with E-state index >= 15 is 0 Å². The fourth-order valence-corrected chi connectivity index (χ4v) is 3.41. The van der Waals surface area contributed by atoms with Crippen molar-refractivity contribution in [3.8, 4) is 0 Å². The quantitative estimate of drug-likeness (QED) is 0.619. The van der Waals surface area contributed by atoms with Gasteiger partial charge in [-0.2, -0.15) is 0 Å². The van der Waals surface area contributed by atoms with Crippen molar-refractivity contribution < 1.29 is 19.8 Å². The summed E-state index contributed by atoms with van der Waals surface area (Å²) in [5.41, 5.74) is 5.45. The molecule has 30 heavy (non-hydrogen) atoms. The third-order valence-electron chi connectivity index (χ3n) is 5.26. The molecule has 0 saturated heterocycles. The van der Waals surface area contributed by atoms with Crippen molar-refractivity contribution in [2.24, 2.45) is 0 Å². The molecule has 8 heteroatoms. The smallest absolute Gasteiger partial charge is 0.322 e. The molecule has 0 aromatic heterocycles. The predicted octanol–water partition coefficient (Wildman–Crippen LogP) is 3.09. The third-order valence-corrected chi connectivity index (χ3v) is 5.26. The zero-order valence-electron chi connectivity index (χ0n) is 17.3. The highest BCUT2D eigenvalue weighted by molar-refractivity contribution is 5.93. The minimum absolute atomic E-state index is 0.000637. The number of benzene rings is 2. The van der Waals surface area contributed by atoms with Gasteiger partial charge >= 0.3 is 12.1 Å². The fraction of sp³-hybridized carbons (Fsp3) is 0.364. The zero-order chi connectivity index (χ0) is 21.7. The van der Waals surface area contributed by atoms with Crippen LogP contribution in [0.15, 0.2) is 36.4 Å². The maximum absolute atomic E-state index is 11.5. The van der Waals surface area contributed by atoms with E-state index in [2.05, 4.69) is 10.6 Å². The topological polar surface area (TPSA) is 105 Å². The molecule has 2 aromatic carbocycles. The number of urea groups is 2. The van der Waals surface area contributed by atoms with Crippen molar-refractivity contribution in [2.75, 3.05) is 23.7 Å². The summed E-state index contributed by atoms with van der Waals surface area (Å²) in [7, 11) is 0. The van der Waals surface area contributed by atoms with Crippen LogP contribution in [0.5, 0.6) is 0 Å². The SMILES string of the molecule is CCN1Cc2ccc(CO)cc2NC1=O.CCN1Cc2ccc(CO)cc2NC1=O. The van der Waals surface area contributed by atoms with Gasteiger partial charge in [-0.05, 0) is 48.2 Å². The number of nitrogens with zero attached hydrogens (tertiary/aromatic N) is 2. The Labute approximate surface area is 176 Å². The molecule has 2 aliphatic heterocycles. The van der Waals surface area contributed by atoms with Crippen LogP contribution >= 0.6 is 0 Å². The number of hydrogen-bond acceptors (Lipinski definition) is 4. The van der Waals surface area contributed by atoms with Crippen LogP contribution in [-0.4, -0.2) is 45.2 Å². The summed E-state index contributed by atoms with van der Waals surface area (Å²) in [4.78, 5) is 26.6. The second-order valence-corrected chi connectivity index (χ2v) is 7.19. The summed E-state index contributed by atoms with van der Waals surface area (Å²) in [6.07, 6.45) is 0. The number of carbonyl (C=O) groups is 2. The van der Waals surface area contributed by atoms with Crippen molar-refractivity contribution in [3.63, 3.8) is 0 Å². The van der Waals surface area contributed by atoms with E-state index < -0.39 is 0 Å². The van der Waals surface area contributed by atoms with E-state index in [1.165, 1.54) is 0 Å². The second kappa shape index (κ2) is 9.60. The number of hydrogen-bond donors (Lipinski definition) is 4. The number of rotatable bonds is 4. The summed E-state index contributed by atoms with van der Waals surface area (Å²) in [6.45, 7) is 6.59. The molecule has 0 radical (unpaired) electrons. The number of carbonyl (C=O) groups excluding carboxylic acids is 2. The van der Waals surface area contributed by atoms with Gasteiger partial charge in [-0.25, -0.2) is 9.59 Å². The van der Waals surface area contributed by atoms with Crippen molar-refractivity contribution >= 4 is 23.4 Å². The Morgan fingerprint density at radius 2 is 1.17 bits per heavy atom.